The maximum Gasteiger partial charge on any atom is 0.133 e. The molecule has 0 spiro atoms. The van der Waals surface area contributed by atoms with Crippen LogP contribution in [0.3, 0.4) is 0 Å². The lowest BCUT2D eigenvalue weighted by molar-refractivity contribution is 0.680. The largest absolute Gasteiger partial charge is 0.226 e. The molecule has 52 valence electrons. The van der Waals surface area contributed by atoms with Gasteiger partial charge in [-0.1, -0.05) is 0 Å². The van der Waals surface area contributed by atoms with Gasteiger partial charge in [0.1, 0.15) is 16.7 Å². The van der Waals surface area contributed by atoms with Crippen molar-refractivity contribution in [2.45, 2.75) is 19.3 Å². The summed E-state index contributed by atoms with van der Waals surface area (Å²) in [4.78, 5) is 3.94. The second kappa shape index (κ2) is 2.35. The number of hydrogen-bond acceptors (Lipinski definition) is 4. The molecular weight excluding hydrogens is 146 g/mol. The Labute approximate surface area is 63.5 Å². The van der Waals surface area contributed by atoms with Crippen molar-refractivity contribution in [2.75, 3.05) is 0 Å². The summed E-state index contributed by atoms with van der Waals surface area (Å²) < 4.78 is 3.82. The van der Waals surface area contributed by atoms with Gasteiger partial charge in [0.05, 0.1) is 6.07 Å². The predicted octanol–water partition coefficient (Wildman–Crippen LogP) is 1.34. The monoisotopic (exact) mass is 153 g/mol. The zero-order valence-corrected chi connectivity index (χ0v) is 6.64. The van der Waals surface area contributed by atoms with Gasteiger partial charge in [0.15, 0.2) is 0 Å². The molecule has 4 heteroatoms. The van der Waals surface area contributed by atoms with Gasteiger partial charge in [-0.2, -0.15) is 9.64 Å². The molecule has 1 aromatic rings. The fraction of sp³-hybridized carbons (Fsp3) is 0.500. The Morgan fingerprint density at radius 1 is 1.70 bits per heavy atom. The van der Waals surface area contributed by atoms with Crippen LogP contribution in [0.5, 0.6) is 0 Å². The summed E-state index contributed by atoms with van der Waals surface area (Å²) in [6.07, 6.45) is 1.47. The van der Waals surface area contributed by atoms with Crippen molar-refractivity contribution in [1.29, 1.82) is 5.26 Å². The molecule has 0 radical (unpaired) electrons. The summed E-state index contributed by atoms with van der Waals surface area (Å²) >= 11 is 1.27. The third-order valence-electron chi connectivity index (χ3n) is 1.18. The number of aromatic nitrogens is 2. The number of hydrogen-bond donors (Lipinski definition) is 0. The molecule has 0 amide bonds. The maximum atomic E-state index is 8.65. The SMILES string of the molecule is CC(C)(C#N)c1ncns1. The minimum absolute atomic E-state index is 0.485. The van der Waals surface area contributed by atoms with Crippen LogP contribution in [0.2, 0.25) is 0 Å². The first kappa shape index (κ1) is 7.16. The second-order valence-corrected chi connectivity index (χ2v) is 3.26. The van der Waals surface area contributed by atoms with E-state index in [4.69, 9.17) is 5.26 Å². The van der Waals surface area contributed by atoms with E-state index >= 15 is 0 Å². The Hall–Kier alpha value is -0.950. The summed E-state index contributed by atoms with van der Waals surface area (Å²) in [7, 11) is 0. The summed E-state index contributed by atoms with van der Waals surface area (Å²) in [6, 6.07) is 2.15. The van der Waals surface area contributed by atoms with Crippen LogP contribution in [0, 0.1) is 11.3 Å². The van der Waals surface area contributed by atoms with Crippen molar-refractivity contribution in [3.63, 3.8) is 0 Å². The van der Waals surface area contributed by atoms with Crippen molar-refractivity contribution in [3.05, 3.63) is 11.3 Å². The minimum atomic E-state index is -0.485. The molecule has 0 bridgehead atoms. The van der Waals surface area contributed by atoms with E-state index in [0.717, 1.165) is 5.01 Å². The third-order valence-corrected chi connectivity index (χ3v) is 2.16. The zero-order valence-electron chi connectivity index (χ0n) is 5.83. The molecule has 0 aliphatic carbocycles. The van der Waals surface area contributed by atoms with E-state index < -0.39 is 5.41 Å². The molecule has 1 aromatic heterocycles. The third kappa shape index (κ3) is 1.14. The van der Waals surface area contributed by atoms with Crippen molar-refractivity contribution in [3.8, 4) is 6.07 Å². The molecule has 10 heavy (non-hydrogen) atoms. The first-order valence-electron chi connectivity index (χ1n) is 2.85. The van der Waals surface area contributed by atoms with E-state index in [9.17, 15) is 0 Å². The lowest BCUT2D eigenvalue weighted by Crippen LogP contribution is -2.12. The van der Waals surface area contributed by atoms with Crippen LogP contribution >= 0.6 is 11.5 Å². The molecule has 0 fully saturated rings. The molecule has 0 aliphatic heterocycles. The van der Waals surface area contributed by atoms with Crippen LogP contribution in [-0.2, 0) is 5.41 Å². The molecular formula is C6H7N3S. The van der Waals surface area contributed by atoms with Gasteiger partial charge >= 0.3 is 0 Å². The van der Waals surface area contributed by atoms with E-state index in [-0.39, 0.29) is 0 Å². The second-order valence-electron chi connectivity index (χ2n) is 2.48. The average molecular weight is 153 g/mol. The molecule has 0 atom stereocenters. The van der Waals surface area contributed by atoms with Crippen LogP contribution in [0.25, 0.3) is 0 Å². The van der Waals surface area contributed by atoms with Crippen LogP contribution in [0.1, 0.15) is 18.9 Å². The molecule has 1 rings (SSSR count). The molecule has 1 heterocycles. The van der Waals surface area contributed by atoms with Gasteiger partial charge in [0.25, 0.3) is 0 Å². The van der Waals surface area contributed by atoms with E-state index in [0.29, 0.717) is 0 Å². The first-order chi connectivity index (χ1) is 4.67. The van der Waals surface area contributed by atoms with Crippen molar-refractivity contribution < 1.29 is 0 Å². The van der Waals surface area contributed by atoms with Gasteiger partial charge in [-0.25, -0.2) is 4.98 Å². The standard InChI is InChI=1S/C6H7N3S/c1-6(2,3-7)5-8-4-9-10-5/h4H,1-2H3. The molecule has 0 saturated heterocycles. The van der Waals surface area contributed by atoms with Crippen LogP contribution < -0.4 is 0 Å². The number of nitriles is 1. The predicted molar refractivity (Wildman–Crippen MR) is 38.5 cm³/mol. The van der Waals surface area contributed by atoms with Gasteiger partial charge in [-0.3, -0.25) is 0 Å². The lowest BCUT2D eigenvalue weighted by atomic mass is 9.97. The molecule has 3 nitrogen and oxygen atoms in total. The van der Waals surface area contributed by atoms with Gasteiger partial charge in [-0.15, -0.1) is 0 Å². The van der Waals surface area contributed by atoms with E-state index in [1.807, 2.05) is 13.8 Å². The smallest absolute Gasteiger partial charge is 0.133 e. The summed E-state index contributed by atoms with van der Waals surface area (Å²) in [5.74, 6) is 0. The summed E-state index contributed by atoms with van der Waals surface area (Å²) in [5.41, 5.74) is -0.485. The fourth-order valence-corrected chi connectivity index (χ4v) is 1.06. The Bertz CT molecular complexity index is 244. The molecule has 0 unspecified atom stereocenters. The van der Waals surface area contributed by atoms with Crippen molar-refractivity contribution in [2.24, 2.45) is 0 Å². The highest BCUT2D eigenvalue weighted by atomic mass is 32.1. The highest BCUT2D eigenvalue weighted by Crippen LogP contribution is 2.21. The van der Waals surface area contributed by atoms with Gasteiger partial charge in [-0.05, 0) is 25.4 Å². The highest BCUT2D eigenvalue weighted by molar-refractivity contribution is 7.05. The van der Waals surface area contributed by atoms with Crippen molar-refractivity contribution in [1.82, 2.24) is 9.36 Å². The quantitative estimate of drug-likeness (QED) is 0.611. The molecule has 0 saturated carbocycles. The van der Waals surface area contributed by atoms with E-state index in [2.05, 4.69) is 15.4 Å². The Balaban J connectivity index is 2.99. The Kier molecular flexibility index (Phi) is 1.68. The fourth-order valence-electron chi connectivity index (χ4n) is 0.496. The van der Waals surface area contributed by atoms with Crippen LogP contribution in [0.4, 0.5) is 0 Å². The first-order valence-corrected chi connectivity index (χ1v) is 3.62. The normalized spacial score (nSPS) is 10.9. The highest BCUT2D eigenvalue weighted by Gasteiger charge is 2.22. The van der Waals surface area contributed by atoms with Crippen molar-refractivity contribution >= 4 is 11.5 Å². The Morgan fingerprint density at radius 2 is 2.40 bits per heavy atom. The van der Waals surface area contributed by atoms with Gasteiger partial charge in [0.2, 0.25) is 0 Å². The van der Waals surface area contributed by atoms with Crippen LogP contribution in [0.15, 0.2) is 6.33 Å². The van der Waals surface area contributed by atoms with Gasteiger partial charge < -0.3 is 0 Å². The van der Waals surface area contributed by atoms with E-state index in [1.54, 1.807) is 0 Å². The minimum Gasteiger partial charge on any atom is -0.226 e. The average Bonchev–Trinajstić information content (AvgIpc) is 2.38. The lowest BCUT2D eigenvalue weighted by Gasteiger charge is -2.08. The Morgan fingerprint density at radius 3 is 2.80 bits per heavy atom. The van der Waals surface area contributed by atoms with E-state index in [1.165, 1.54) is 17.9 Å². The molecule has 0 aliphatic rings. The summed E-state index contributed by atoms with van der Waals surface area (Å²) in [5, 5.41) is 9.43. The topological polar surface area (TPSA) is 49.6 Å². The van der Waals surface area contributed by atoms with Gasteiger partial charge in [0, 0.05) is 0 Å². The zero-order chi connectivity index (χ0) is 7.61. The summed E-state index contributed by atoms with van der Waals surface area (Å²) in [6.45, 7) is 3.65. The molecule has 0 aromatic carbocycles. The number of rotatable bonds is 1. The number of nitrogens with zero attached hydrogens (tertiary/aromatic N) is 3. The van der Waals surface area contributed by atoms with Crippen LogP contribution in [-0.4, -0.2) is 9.36 Å². The molecule has 0 N–H and O–H groups in total. The maximum absolute atomic E-state index is 8.65.